The highest BCUT2D eigenvalue weighted by molar-refractivity contribution is 5.55. The van der Waals surface area contributed by atoms with Crippen molar-refractivity contribution in [3.8, 4) is 6.07 Å². The number of hydrogen-bond donors (Lipinski definition) is 1. The Morgan fingerprint density at radius 3 is 2.59 bits per heavy atom. The zero-order chi connectivity index (χ0) is 16.2. The number of nitrogens with zero attached hydrogens (tertiary/aromatic N) is 2. The van der Waals surface area contributed by atoms with E-state index < -0.39 is 12.6 Å². The lowest BCUT2D eigenvalue weighted by molar-refractivity contribution is -0.138. The average Bonchev–Trinajstić information content (AvgIpc) is 2.48. The molecule has 0 aliphatic carbocycles. The van der Waals surface area contributed by atoms with Crippen molar-refractivity contribution in [2.24, 2.45) is 0 Å². The molecule has 0 spiro atoms. The van der Waals surface area contributed by atoms with Crippen LogP contribution in [0.25, 0.3) is 0 Å². The Bertz CT molecular complexity index is 541. The predicted molar refractivity (Wildman–Crippen MR) is 79.7 cm³/mol. The van der Waals surface area contributed by atoms with Crippen molar-refractivity contribution in [3.63, 3.8) is 0 Å². The quantitative estimate of drug-likeness (QED) is 0.921. The molecule has 1 aliphatic rings. The van der Waals surface area contributed by atoms with Crippen LogP contribution in [0.3, 0.4) is 0 Å². The van der Waals surface area contributed by atoms with Crippen LogP contribution in [-0.4, -0.2) is 36.8 Å². The van der Waals surface area contributed by atoms with Crippen molar-refractivity contribution in [1.29, 1.82) is 5.26 Å². The maximum absolute atomic E-state index is 12.2. The van der Waals surface area contributed by atoms with Gasteiger partial charge in [0.2, 0.25) is 0 Å². The van der Waals surface area contributed by atoms with Gasteiger partial charge in [0, 0.05) is 31.4 Å². The molecular weight excluding hydrogens is 291 g/mol. The van der Waals surface area contributed by atoms with Crippen LogP contribution in [-0.2, 0) is 0 Å². The van der Waals surface area contributed by atoms with Crippen molar-refractivity contribution in [1.82, 2.24) is 4.90 Å². The Hall–Kier alpha value is -1.74. The van der Waals surface area contributed by atoms with E-state index >= 15 is 0 Å². The van der Waals surface area contributed by atoms with Gasteiger partial charge < -0.3 is 10.2 Å². The molecule has 1 heterocycles. The SMILES string of the molecule is Cc1ccc(C#N)cc1NC1CCN(CCC(F)(F)F)CC1. The maximum atomic E-state index is 12.2. The number of nitriles is 1. The van der Waals surface area contributed by atoms with Gasteiger partial charge in [-0.15, -0.1) is 0 Å². The number of hydrogen-bond acceptors (Lipinski definition) is 3. The number of halogens is 3. The molecule has 120 valence electrons. The van der Waals surface area contributed by atoms with E-state index in [9.17, 15) is 13.2 Å². The zero-order valence-corrected chi connectivity index (χ0v) is 12.6. The Morgan fingerprint density at radius 2 is 2.00 bits per heavy atom. The molecule has 0 aromatic heterocycles. The summed E-state index contributed by atoms with van der Waals surface area (Å²) in [5.41, 5.74) is 2.61. The zero-order valence-electron chi connectivity index (χ0n) is 12.6. The van der Waals surface area contributed by atoms with E-state index in [1.165, 1.54) is 0 Å². The summed E-state index contributed by atoms with van der Waals surface area (Å²) < 4.78 is 36.7. The summed E-state index contributed by atoms with van der Waals surface area (Å²) in [7, 11) is 0. The molecule has 1 aromatic carbocycles. The molecule has 3 nitrogen and oxygen atoms in total. The number of anilines is 1. The molecule has 1 saturated heterocycles. The standard InChI is InChI=1S/C16H20F3N3/c1-12-2-3-13(11-20)10-15(12)21-14-4-7-22(8-5-14)9-6-16(17,18)19/h2-3,10,14,21H,4-9H2,1H3. The number of alkyl halides is 3. The fourth-order valence-electron chi connectivity index (χ4n) is 2.65. The lowest BCUT2D eigenvalue weighted by Gasteiger charge is -2.33. The molecule has 0 atom stereocenters. The van der Waals surface area contributed by atoms with Gasteiger partial charge in [-0.25, -0.2) is 0 Å². The van der Waals surface area contributed by atoms with Crippen LogP contribution in [0.2, 0.25) is 0 Å². The van der Waals surface area contributed by atoms with Crippen molar-refractivity contribution >= 4 is 5.69 Å². The molecule has 6 heteroatoms. The van der Waals surface area contributed by atoms with E-state index in [2.05, 4.69) is 11.4 Å². The van der Waals surface area contributed by atoms with Gasteiger partial charge in [-0.2, -0.15) is 18.4 Å². The summed E-state index contributed by atoms with van der Waals surface area (Å²) in [6, 6.07) is 7.87. The highest BCUT2D eigenvalue weighted by atomic mass is 19.4. The molecule has 1 fully saturated rings. The van der Waals surface area contributed by atoms with Crippen LogP contribution < -0.4 is 5.32 Å². The van der Waals surface area contributed by atoms with Crippen LogP contribution >= 0.6 is 0 Å². The number of aryl methyl sites for hydroxylation is 1. The summed E-state index contributed by atoms with van der Waals surface area (Å²) in [5, 5.41) is 12.4. The van der Waals surface area contributed by atoms with E-state index in [1.807, 2.05) is 24.0 Å². The Morgan fingerprint density at radius 1 is 1.32 bits per heavy atom. The smallest absolute Gasteiger partial charge is 0.382 e. The van der Waals surface area contributed by atoms with Crippen molar-refractivity contribution < 1.29 is 13.2 Å². The van der Waals surface area contributed by atoms with Gasteiger partial charge in [-0.1, -0.05) is 6.07 Å². The predicted octanol–water partition coefficient (Wildman–Crippen LogP) is 3.70. The second kappa shape index (κ2) is 7.01. The highest BCUT2D eigenvalue weighted by Crippen LogP contribution is 2.23. The van der Waals surface area contributed by atoms with E-state index in [0.717, 1.165) is 24.1 Å². The van der Waals surface area contributed by atoms with Crippen LogP contribution in [0, 0.1) is 18.3 Å². The van der Waals surface area contributed by atoms with Gasteiger partial charge in [0.1, 0.15) is 0 Å². The Kier molecular flexibility index (Phi) is 5.30. The monoisotopic (exact) mass is 311 g/mol. The lowest BCUT2D eigenvalue weighted by atomic mass is 10.0. The first-order valence-electron chi connectivity index (χ1n) is 7.44. The van der Waals surface area contributed by atoms with Gasteiger partial charge in [0.15, 0.2) is 0 Å². The number of likely N-dealkylation sites (tertiary alicyclic amines) is 1. The van der Waals surface area contributed by atoms with Crippen molar-refractivity contribution in [3.05, 3.63) is 29.3 Å². The molecule has 1 N–H and O–H groups in total. The van der Waals surface area contributed by atoms with Gasteiger partial charge in [0.05, 0.1) is 18.1 Å². The first kappa shape index (κ1) is 16.6. The fourth-order valence-corrected chi connectivity index (χ4v) is 2.65. The van der Waals surface area contributed by atoms with Crippen LogP contribution in [0.4, 0.5) is 18.9 Å². The molecule has 1 aliphatic heterocycles. The first-order valence-corrected chi connectivity index (χ1v) is 7.44. The number of nitrogens with one attached hydrogen (secondary N) is 1. The fraction of sp³-hybridized carbons (Fsp3) is 0.562. The minimum atomic E-state index is -4.08. The summed E-state index contributed by atoms with van der Waals surface area (Å²) in [6.07, 6.45) is -3.19. The number of benzene rings is 1. The highest BCUT2D eigenvalue weighted by Gasteiger charge is 2.29. The van der Waals surface area contributed by atoms with E-state index in [-0.39, 0.29) is 12.6 Å². The van der Waals surface area contributed by atoms with Crippen LogP contribution in [0.5, 0.6) is 0 Å². The average molecular weight is 311 g/mol. The van der Waals surface area contributed by atoms with Crippen molar-refractivity contribution in [2.45, 2.75) is 38.4 Å². The normalized spacial score (nSPS) is 17.2. The minimum absolute atomic E-state index is 0.0825. The third-order valence-electron chi connectivity index (χ3n) is 4.03. The second-order valence-electron chi connectivity index (χ2n) is 5.77. The molecule has 0 amide bonds. The third-order valence-corrected chi connectivity index (χ3v) is 4.03. The molecule has 1 aromatic rings. The number of piperidine rings is 1. The summed E-state index contributed by atoms with van der Waals surface area (Å²) in [5.74, 6) is 0. The van der Waals surface area contributed by atoms with E-state index in [1.54, 1.807) is 6.07 Å². The molecule has 0 radical (unpaired) electrons. The largest absolute Gasteiger partial charge is 0.390 e. The van der Waals surface area contributed by atoms with Gasteiger partial charge in [0.25, 0.3) is 0 Å². The molecule has 22 heavy (non-hydrogen) atoms. The van der Waals surface area contributed by atoms with Crippen LogP contribution in [0.1, 0.15) is 30.4 Å². The molecule has 0 unspecified atom stereocenters. The van der Waals surface area contributed by atoms with Crippen LogP contribution in [0.15, 0.2) is 18.2 Å². The maximum Gasteiger partial charge on any atom is 0.390 e. The van der Waals surface area contributed by atoms with E-state index in [4.69, 9.17) is 5.26 Å². The molecule has 2 rings (SSSR count). The molecule has 0 saturated carbocycles. The number of rotatable bonds is 4. The first-order chi connectivity index (χ1) is 10.4. The van der Waals surface area contributed by atoms with Crippen molar-refractivity contribution in [2.75, 3.05) is 25.0 Å². The topological polar surface area (TPSA) is 39.1 Å². The van der Waals surface area contributed by atoms with Gasteiger partial charge in [-0.05, 0) is 37.5 Å². The Balaban J connectivity index is 1.84. The summed E-state index contributed by atoms with van der Waals surface area (Å²) >= 11 is 0. The Labute approximate surface area is 128 Å². The minimum Gasteiger partial charge on any atom is -0.382 e. The summed E-state index contributed by atoms with van der Waals surface area (Å²) in [4.78, 5) is 1.87. The molecular formula is C16H20F3N3. The lowest BCUT2D eigenvalue weighted by Crippen LogP contribution is -2.40. The second-order valence-corrected chi connectivity index (χ2v) is 5.77. The van der Waals surface area contributed by atoms with Gasteiger partial charge in [-0.3, -0.25) is 0 Å². The summed E-state index contributed by atoms with van der Waals surface area (Å²) in [6.45, 7) is 3.40. The van der Waals surface area contributed by atoms with E-state index in [0.29, 0.717) is 18.7 Å². The van der Waals surface area contributed by atoms with Gasteiger partial charge >= 0.3 is 6.18 Å². The molecule has 0 bridgehead atoms. The third kappa shape index (κ3) is 4.92.